The van der Waals surface area contributed by atoms with E-state index in [0.717, 1.165) is 11.4 Å². The first kappa shape index (κ1) is 20.4. The lowest BCUT2D eigenvalue weighted by Crippen LogP contribution is -2.27. The van der Waals surface area contributed by atoms with E-state index in [4.69, 9.17) is 9.47 Å². The molecule has 0 spiro atoms. The van der Waals surface area contributed by atoms with Crippen molar-refractivity contribution in [1.29, 1.82) is 5.26 Å². The van der Waals surface area contributed by atoms with Gasteiger partial charge in [-0.25, -0.2) is 4.79 Å². The largest absolute Gasteiger partial charge is 0.496 e. The molecule has 1 aliphatic rings. The van der Waals surface area contributed by atoms with Crippen LogP contribution in [0.1, 0.15) is 10.4 Å². The number of para-hydroxylation sites is 2. The van der Waals surface area contributed by atoms with Crippen LogP contribution in [0.15, 0.2) is 58.3 Å². The van der Waals surface area contributed by atoms with Crippen LogP contribution in [0.25, 0.3) is 0 Å². The van der Waals surface area contributed by atoms with E-state index < -0.39 is 18.4 Å². The Balaban J connectivity index is 1.78. The SMILES string of the molecule is COc1ccc(C(=O)OCC(=O)C(C#N)=C2N(C)c3ccccc3N2C)cc1Br. The molecule has 0 radical (unpaired) electrons. The van der Waals surface area contributed by atoms with Crippen LogP contribution < -0.4 is 14.5 Å². The molecule has 8 heteroatoms. The number of Topliss-reactive ketones (excluding diaryl/α,β-unsaturated/α-hetero) is 1. The van der Waals surface area contributed by atoms with Crippen LogP contribution in [-0.2, 0) is 9.53 Å². The van der Waals surface area contributed by atoms with Gasteiger partial charge in [0, 0.05) is 14.1 Å². The molecule has 0 unspecified atom stereocenters. The molecule has 0 aromatic heterocycles. The second-order valence-corrected chi connectivity index (χ2v) is 7.12. The fraction of sp³-hybridized carbons (Fsp3) is 0.190. The molecule has 2 aromatic carbocycles. The molecule has 0 bridgehead atoms. The van der Waals surface area contributed by atoms with Gasteiger partial charge in [-0.15, -0.1) is 0 Å². The maximum Gasteiger partial charge on any atom is 0.338 e. The van der Waals surface area contributed by atoms with E-state index in [-0.39, 0.29) is 11.1 Å². The summed E-state index contributed by atoms with van der Waals surface area (Å²) < 4.78 is 10.8. The number of hydrogen-bond donors (Lipinski definition) is 0. The molecule has 29 heavy (non-hydrogen) atoms. The predicted molar refractivity (Wildman–Crippen MR) is 112 cm³/mol. The van der Waals surface area contributed by atoms with Gasteiger partial charge in [-0.2, -0.15) is 5.26 Å². The third-order valence-electron chi connectivity index (χ3n) is 4.58. The topological polar surface area (TPSA) is 82.9 Å². The summed E-state index contributed by atoms with van der Waals surface area (Å²) in [7, 11) is 5.08. The maximum absolute atomic E-state index is 12.7. The first-order chi connectivity index (χ1) is 13.9. The monoisotopic (exact) mass is 455 g/mol. The van der Waals surface area contributed by atoms with Gasteiger partial charge in [0.2, 0.25) is 5.78 Å². The quantitative estimate of drug-likeness (QED) is 0.387. The van der Waals surface area contributed by atoms with Gasteiger partial charge < -0.3 is 19.3 Å². The van der Waals surface area contributed by atoms with Gasteiger partial charge in [-0.05, 0) is 46.3 Å². The molecule has 0 saturated heterocycles. The van der Waals surface area contributed by atoms with Crippen LogP contribution in [-0.4, -0.2) is 39.6 Å². The third kappa shape index (κ3) is 3.82. The zero-order valence-electron chi connectivity index (χ0n) is 16.1. The van der Waals surface area contributed by atoms with E-state index >= 15 is 0 Å². The minimum atomic E-state index is -0.666. The lowest BCUT2D eigenvalue weighted by atomic mass is 10.2. The second kappa shape index (κ2) is 8.37. The van der Waals surface area contributed by atoms with E-state index in [1.807, 2.05) is 30.3 Å². The Morgan fingerprint density at radius 3 is 2.24 bits per heavy atom. The average molecular weight is 456 g/mol. The van der Waals surface area contributed by atoms with Gasteiger partial charge in [0.15, 0.2) is 6.61 Å². The molecule has 1 aliphatic heterocycles. The number of anilines is 2. The molecular weight excluding hydrogens is 438 g/mol. The summed E-state index contributed by atoms with van der Waals surface area (Å²) in [6.45, 7) is -0.535. The summed E-state index contributed by atoms with van der Waals surface area (Å²) in [5, 5.41) is 9.61. The molecule has 1 heterocycles. The number of benzene rings is 2. The summed E-state index contributed by atoms with van der Waals surface area (Å²) in [6.07, 6.45) is 0. The fourth-order valence-corrected chi connectivity index (χ4v) is 3.68. The highest BCUT2D eigenvalue weighted by molar-refractivity contribution is 9.10. The first-order valence-electron chi connectivity index (χ1n) is 8.63. The number of esters is 1. The standard InChI is InChI=1S/C21H18BrN3O4/c1-24-16-6-4-5-7-17(16)25(2)20(24)14(11-23)18(26)12-29-21(27)13-8-9-19(28-3)15(22)10-13/h4-10H,12H2,1-3H3. The molecule has 7 nitrogen and oxygen atoms in total. The van der Waals surface area contributed by atoms with E-state index in [0.29, 0.717) is 16.0 Å². The molecule has 2 aromatic rings. The molecule has 0 saturated carbocycles. The Bertz CT molecular complexity index is 1030. The van der Waals surface area contributed by atoms with Crippen LogP contribution >= 0.6 is 15.9 Å². The predicted octanol–water partition coefficient (Wildman–Crippen LogP) is 3.50. The summed E-state index contributed by atoms with van der Waals surface area (Å²) >= 11 is 3.30. The molecular formula is C21H18BrN3O4. The molecule has 0 aliphatic carbocycles. The lowest BCUT2D eigenvalue weighted by Gasteiger charge is -2.19. The summed E-state index contributed by atoms with van der Waals surface area (Å²) in [5.74, 6) is -0.224. The number of fused-ring (bicyclic) bond motifs is 1. The van der Waals surface area contributed by atoms with Crippen LogP contribution in [0, 0.1) is 11.3 Å². The smallest absolute Gasteiger partial charge is 0.338 e. The highest BCUT2D eigenvalue weighted by atomic mass is 79.9. The van der Waals surface area contributed by atoms with Gasteiger partial charge in [0.25, 0.3) is 0 Å². The van der Waals surface area contributed by atoms with Gasteiger partial charge in [-0.3, -0.25) is 4.79 Å². The molecule has 3 rings (SSSR count). The summed E-state index contributed by atoms with van der Waals surface area (Å²) in [5.41, 5.74) is 1.95. The van der Waals surface area contributed by atoms with Crippen molar-refractivity contribution in [3.63, 3.8) is 0 Å². The normalized spacial score (nSPS) is 12.3. The number of carbonyl (C=O) groups excluding carboxylic acids is 2. The zero-order valence-corrected chi connectivity index (χ0v) is 17.7. The summed E-state index contributed by atoms with van der Waals surface area (Å²) in [6, 6.07) is 14.2. The molecule has 0 fully saturated rings. The van der Waals surface area contributed by atoms with Crippen molar-refractivity contribution in [3.8, 4) is 11.8 Å². The minimum Gasteiger partial charge on any atom is -0.496 e. The molecule has 148 valence electrons. The van der Waals surface area contributed by atoms with E-state index in [2.05, 4.69) is 15.9 Å². The third-order valence-corrected chi connectivity index (χ3v) is 5.20. The number of carbonyl (C=O) groups is 2. The minimum absolute atomic E-state index is 0.0742. The van der Waals surface area contributed by atoms with Crippen LogP contribution in [0.4, 0.5) is 11.4 Å². The van der Waals surface area contributed by atoms with Crippen molar-refractivity contribution in [2.24, 2.45) is 0 Å². The molecule has 0 atom stereocenters. The van der Waals surface area contributed by atoms with Gasteiger partial charge >= 0.3 is 5.97 Å². The van der Waals surface area contributed by atoms with Crippen molar-refractivity contribution in [2.45, 2.75) is 0 Å². The van der Waals surface area contributed by atoms with Crippen molar-refractivity contribution < 1.29 is 19.1 Å². The van der Waals surface area contributed by atoms with Crippen molar-refractivity contribution >= 4 is 39.1 Å². The Morgan fingerprint density at radius 2 is 1.72 bits per heavy atom. The number of methoxy groups -OCH3 is 1. The van der Waals surface area contributed by atoms with Gasteiger partial charge in [0.1, 0.15) is 23.2 Å². The van der Waals surface area contributed by atoms with E-state index in [9.17, 15) is 14.9 Å². The maximum atomic E-state index is 12.7. The van der Waals surface area contributed by atoms with Gasteiger partial charge in [-0.1, -0.05) is 12.1 Å². The molecule has 0 amide bonds. The van der Waals surface area contributed by atoms with Crippen LogP contribution in [0.2, 0.25) is 0 Å². The first-order valence-corrected chi connectivity index (χ1v) is 9.43. The Hall–Kier alpha value is -3.31. The second-order valence-electron chi connectivity index (χ2n) is 6.27. The van der Waals surface area contributed by atoms with Crippen LogP contribution in [0.3, 0.4) is 0 Å². The average Bonchev–Trinajstić information content (AvgIpc) is 2.98. The van der Waals surface area contributed by atoms with Gasteiger partial charge in [0.05, 0.1) is 28.5 Å². The number of ketones is 1. The lowest BCUT2D eigenvalue weighted by molar-refractivity contribution is -0.118. The van der Waals surface area contributed by atoms with Crippen molar-refractivity contribution in [2.75, 3.05) is 37.6 Å². The van der Waals surface area contributed by atoms with Crippen molar-refractivity contribution in [3.05, 3.63) is 63.9 Å². The zero-order chi connectivity index (χ0) is 21.1. The number of hydrogen-bond acceptors (Lipinski definition) is 7. The Kier molecular flexibility index (Phi) is 5.89. The highest BCUT2D eigenvalue weighted by Crippen LogP contribution is 2.40. The fourth-order valence-electron chi connectivity index (χ4n) is 3.14. The number of rotatable bonds is 5. The van der Waals surface area contributed by atoms with Crippen molar-refractivity contribution in [1.82, 2.24) is 0 Å². The number of nitrogens with zero attached hydrogens (tertiary/aromatic N) is 3. The van der Waals surface area contributed by atoms with E-state index in [1.165, 1.54) is 13.2 Å². The van der Waals surface area contributed by atoms with E-state index in [1.54, 1.807) is 36.0 Å². The molecule has 0 N–H and O–H groups in total. The van der Waals surface area contributed by atoms with Crippen LogP contribution in [0.5, 0.6) is 5.75 Å². The highest BCUT2D eigenvalue weighted by Gasteiger charge is 2.31. The number of ether oxygens (including phenoxy) is 2. The Labute approximate surface area is 176 Å². The summed E-state index contributed by atoms with van der Waals surface area (Å²) in [4.78, 5) is 28.5. The number of nitriles is 1. The Morgan fingerprint density at radius 1 is 1.10 bits per heavy atom. The number of halogens is 1.